The zero-order valence-electron chi connectivity index (χ0n) is 7.31. The van der Waals surface area contributed by atoms with Crippen molar-refractivity contribution in [2.45, 2.75) is 19.2 Å². The minimum absolute atomic E-state index is 0.588. The Morgan fingerprint density at radius 1 is 1.50 bits per heavy atom. The van der Waals surface area contributed by atoms with Gasteiger partial charge in [0.1, 0.15) is 0 Å². The van der Waals surface area contributed by atoms with E-state index >= 15 is 0 Å². The van der Waals surface area contributed by atoms with Gasteiger partial charge in [0.15, 0.2) is 0 Å². The molecule has 1 heteroatoms. The second kappa shape index (κ2) is 4.32. The van der Waals surface area contributed by atoms with Crippen LogP contribution in [0.15, 0.2) is 24.8 Å². The van der Waals surface area contributed by atoms with Gasteiger partial charge in [0.25, 0.3) is 0 Å². The van der Waals surface area contributed by atoms with Gasteiger partial charge in [0, 0.05) is 5.88 Å². The molecule has 1 rings (SSSR count). The Morgan fingerprint density at radius 3 is 2.75 bits per heavy atom. The van der Waals surface area contributed by atoms with Crippen LogP contribution in [0.4, 0.5) is 0 Å². The van der Waals surface area contributed by atoms with Gasteiger partial charge in [-0.1, -0.05) is 37.8 Å². The number of rotatable bonds is 3. The van der Waals surface area contributed by atoms with Crippen LogP contribution in [0.3, 0.4) is 0 Å². The van der Waals surface area contributed by atoms with Gasteiger partial charge in [0.2, 0.25) is 0 Å². The van der Waals surface area contributed by atoms with Crippen LogP contribution in [0.1, 0.15) is 23.6 Å². The van der Waals surface area contributed by atoms with E-state index in [0.29, 0.717) is 5.88 Å². The SMILES string of the molecule is C=Cc1ccc(CCl)cc1CC. The molecule has 0 radical (unpaired) electrons. The molecule has 0 spiro atoms. The summed E-state index contributed by atoms with van der Waals surface area (Å²) in [6.45, 7) is 5.90. The van der Waals surface area contributed by atoms with E-state index < -0.39 is 0 Å². The van der Waals surface area contributed by atoms with Crippen molar-refractivity contribution in [2.75, 3.05) is 0 Å². The lowest BCUT2D eigenvalue weighted by Gasteiger charge is -2.04. The van der Waals surface area contributed by atoms with Crippen LogP contribution in [0.25, 0.3) is 6.08 Å². The van der Waals surface area contributed by atoms with Gasteiger partial charge < -0.3 is 0 Å². The summed E-state index contributed by atoms with van der Waals surface area (Å²) < 4.78 is 0. The Kier molecular flexibility index (Phi) is 3.36. The van der Waals surface area contributed by atoms with Gasteiger partial charge in [-0.25, -0.2) is 0 Å². The lowest BCUT2D eigenvalue weighted by molar-refractivity contribution is 1.12. The molecule has 0 aliphatic heterocycles. The molecule has 0 aliphatic rings. The fourth-order valence-electron chi connectivity index (χ4n) is 1.25. The fourth-order valence-corrected chi connectivity index (χ4v) is 1.41. The summed E-state index contributed by atoms with van der Waals surface area (Å²) in [5.74, 6) is 0.588. The molecule has 0 saturated carbocycles. The molecule has 12 heavy (non-hydrogen) atoms. The molecule has 0 bridgehead atoms. The lowest BCUT2D eigenvalue weighted by atomic mass is 10.0. The smallest absolute Gasteiger partial charge is 0.0474 e. The Labute approximate surface area is 78.9 Å². The number of alkyl halides is 1. The molecule has 1 aromatic carbocycles. The van der Waals surface area contributed by atoms with E-state index in [9.17, 15) is 0 Å². The topological polar surface area (TPSA) is 0 Å². The van der Waals surface area contributed by atoms with E-state index in [1.807, 2.05) is 12.1 Å². The van der Waals surface area contributed by atoms with E-state index in [0.717, 1.165) is 6.42 Å². The predicted molar refractivity (Wildman–Crippen MR) is 55.5 cm³/mol. The molecular formula is C11H13Cl. The van der Waals surface area contributed by atoms with E-state index in [1.165, 1.54) is 16.7 Å². The number of halogens is 1. The molecular weight excluding hydrogens is 168 g/mol. The largest absolute Gasteiger partial charge is 0.122 e. The first-order chi connectivity index (χ1) is 5.81. The number of hydrogen-bond donors (Lipinski definition) is 0. The monoisotopic (exact) mass is 180 g/mol. The molecule has 0 aromatic heterocycles. The van der Waals surface area contributed by atoms with Crippen LogP contribution >= 0.6 is 11.6 Å². The Morgan fingerprint density at radius 2 is 2.25 bits per heavy atom. The van der Waals surface area contributed by atoms with Gasteiger partial charge in [0.05, 0.1) is 0 Å². The highest BCUT2D eigenvalue weighted by atomic mass is 35.5. The van der Waals surface area contributed by atoms with Crippen LogP contribution in [0.5, 0.6) is 0 Å². The summed E-state index contributed by atoms with van der Waals surface area (Å²) in [7, 11) is 0. The van der Waals surface area contributed by atoms with Crippen LogP contribution in [-0.4, -0.2) is 0 Å². The predicted octanol–water partition coefficient (Wildman–Crippen LogP) is 3.63. The van der Waals surface area contributed by atoms with Gasteiger partial charge in [-0.2, -0.15) is 0 Å². The Bertz CT molecular complexity index is 276. The van der Waals surface area contributed by atoms with Crippen molar-refractivity contribution in [2.24, 2.45) is 0 Å². The first-order valence-electron chi connectivity index (χ1n) is 4.12. The van der Waals surface area contributed by atoms with E-state index in [-0.39, 0.29) is 0 Å². The summed E-state index contributed by atoms with van der Waals surface area (Å²) in [5, 5.41) is 0. The highest BCUT2D eigenvalue weighted by Gasteiger charge is 1.97. The number of benzene rings is 1. The maximum atomic E-state index is 5.73. The quantitative estimate of drug-likeness (QED) is 0.624. The third-order valence-corrected chi connectivity index (χ3v) is 2.27. The van der Waals surface area contributed by atoms with Crippen LogP contribution in [0, 0.1) is 0 Å². The van der Waals surface area contributed by atoms with E-state index in [4.69, 9.17) is 11.6 Å². The summed E-state index contributed by atoms with van der Waals surface area (Å²) >= 11 is 5.73. The molecule has 1 aromatic rings. The molecule has 0 N–H and O–H groups in total. The minimum atomic E-state index is 0.588. The summed E-state index contributed by atoms with van der Waals surface area (Å²) in [6, 6.07) is 6.26. The van der Waals surface area contributed by atoms with Crippen molar-refractivity contribution in [3.05, 3.63) is 41.5 Å². The average Bonchev–Trinajstić information content (AvgIpc) is 2.16. The highest BCUT2D eigenvalue weighted by molar-refractivity contribution is 6.17. The van der Waals surface area contributed by atoms with Crippen LogP contribution < -0.4 is 0 Å². The molecule has 0 unspecified atom stereocenters. The zero-order chi connectivity index (χ0) is 8.97. The molecule has 0 amide bonds. The first-order valence-corrected chi connectivity index (χ1v) is 4.65. The average molecular weight is 181 g/mol. The third-order valence-electron chi connectivity index (χ3n) is 1.96. The number of aryl methyl sites for hydroxylation is 1. The zero-order valence-corrected chi connectivity index (χ0v) is 8.06. The van der Waals surface area contributed by atoms with Gasteiger partial charge in [-0.3, -0.25) is 0 Å². The standard InChI is InChI=1S/C11H13Cl/c1-3-10-6-5-9(8-12)7-11(10)4-2/h3,5-7H,1,4,8H2,2H3. The molecule has 64 valence electrons. The molecule has 0 fully saturated rings. The summed E-state index contributed by atoms with van der Waals surface area (Å²) in [5.41, 5.74) is 3.72. The molecule has 0 saturated heterocycles. The normalized spacial score (nSPS) is 9.83. The Balaban J connectivity index is 3.10. The van der Waals surface area contributed by atoms with Gasteiger partial charge in [-0.05, 0) is 23.1 Å². The van der Waals surface area contributed by atoms with Crippen molar-refractivity contribution >= 4 is 17.7 Å². The van der Waals surface area contributed by atoms with Gasteiger partial charge in [-0.15, -0.1) is 11.6 Å². The molecule has 0 atom stereocenters. The number of hydrogen-bond acceptors (Lipinski definition) is 0. The Hall–Kier alpha value is -0.750. The van der Waals surface area contributed by atoms with Crippen LogP contribution in [-0.2, 0) is 12.3 Å². The van der Waals surface area contributed by atoms with Crippen molar-refractivity contribution in [1.29, 1.82) is 0 Å². The highest BCUT2D eigenvalue weighted by Crippen LogP contribution is 2.15. The van der Waals surface area contributed by atoms with Crippen molar-refractivity contribution in [3.63, 3.8) is 0 Å². The molecule has 0 heterocycles. The van der Waals surface area contributed by atoms with Gasteiger partial charge >= 0.3 is 0 Å². The maximum absolute atomic E-state index is 5.73. The first kappa shape index (κ1) is 9.34. The van der Waals surface area contributed by atoms with Crippen molar-refractivity contribution < 1.29 is 0 Å². The van der Waals surface area contributed by atoms with E-state index in [1.54, 1.807) is 0 Å². The lowest BCUT2D eigenvalue weighted by Crippen LogP contribution is -1.88. The third kappa shape index (κ3) is 1.89. The minimum Gasteiger partial charge on any atom is -0.122 e. The second-order valence-corrected chi connectivity index (χ2v) is 2.99. The van der Waals surface area contributed by atoms with Crippen molar-refractivity contribution in [1.82, 2.24) is 0 Å². The summed E-state index contributed by atoms with van der Waals surface area (Å²) in [4.78, 5) is 0. The fraction of sp³-hybridized carbons (Fsp3) is 0.273. The van der Waals surface area contributed by atoms with E-state index in [2.05, 4.69) is 25.6 Å². The van der Waals surface area contributed by atoms with Crippen molar-refractivity contribution in [3.8, 4) is 0 Å². The summed E-state index contributed by atoms with van der Waals surface area (Å²) in [6.07, 6.45) is 2.92. The molecule has 0 nitrogen and oxygen atoms in total. The molecule has 0 aliphatic carbocycles. The maximum Gasteiger partial charge on any atom is 0.0474 e. The van der Waals surface area contributed by atoms with Crippen LogP contribution in [0.2, 0.25) is 0 Å². The second-order valence-electron chi connectivity index (χ2n) is 2.72.